The molecule has 0 spiro atoms. The fourth-order valence-electron chi connectivity index (χ4n) is 1.14. The van der Waals surface area contributed by atoms with Gasteiger partial charge in [-0.2, -0.15) is 0 Å². The second-order valence-corrected chi connectivity index (χ2v) is 4.35. The Hall–Kier alpha value is -0.0900. The van der Waals surface area contributed by atoms with Crippen molar-refractivity contribution in [1.29, 1.82) is 0 Å². The van der Waals surface area contributed by atoms with E-state index in [1.165, 1.54) is 0 Å². The van der Waals surface area contributed by atoms with E-state index in [0.29, 0.717) is 12.5 Å². The van der Waals surface area contributed by atoms with Crippen molar-refractivity contribution in [3.05, 3.63) is 0 Å². The Labute approximate surface area is 81.5 Å². The summed E-state index contributed by atoms with van der Waals surface area (Å²) >= 11 is 3.12. The van der Waals surface area contributed by atoms with Gasteiger partial charge in [0, 0.05) is 0 Å². The van der Waals surface area contributed by atoms with E-state index in [9.17, 15) is 4.79 Å². The van der Waals surface area contributed by atoms with E-state index in [1.54, 1.807) is 0 Å². The topological polar surface area (TPSA) is 63.3 Å². The summed E-state index contributed by atoms with van der Waals surface area (Å²) in [5, 5.41) is 8.69. The molecule has 0 aliphatic rings. The quantitative estimate of drug-likeness (QED) is 0.712. The summed E-state index contributed by atoms with van der Waals surface area (Å²) in [6.07, 6.45) is 0.846. The van der Waals surface area contributed by atoms with E-state index >= 15 is 0 Å². The first kappa shape index (κ1) is 11.9. The zero-order valence-electron chi connectivity index (χ0n) is 7.46. The first-order valence-corrected chi connectivity index (χ1v) is 4.97. The van der Waals surface area contributed by atoms with Crippen molar-refractivity contribution in [2.75, 3.05) is 6.54 Å². The van der Waals surface area contributed by atoms with E-state index in [2.05, 4.69) is 29.8 Å². The molecule has 0 bridgehead atoms. The molecule has 2 atom stereocenters. The second kappa shape index (κ2) is 5.54. The normalized spacial score (nSPS) is 16.1. The van der Waals surface area contributed by atoms with Crippen LogP contribution in [0.25, 0.3) is 0 Å². The lowest BCUT2D eigenvalue weighted by Crippen LogP contribution is -2.30. The van der Waals surface area contributed by atoms with Crippen LogP contribution in [0.15, 0.2) is 0 Å². The molecule has 72 valence electrons. The van der Waals surface area contributed by atoms with Crippen molar-refractivity contribution < 1.29 is 9.90 Å². The van der Waals surface area contributed by atoms with Gasteiger partial charge in [0.15, 0.2) is 0 Å². The van der Waals surface area contributed by atoms with Gasteiger partial charge in [-0.3, -0.25) is 4.79 Å². The third-order valence-electron chi connectivity index (χ3n) is 1.73. The van der Waals surface area contributed by atoms with Crippen molar-refractivity contribution >= 4 is 21.9 Å². The van der Waals surface area contributed by atoms with Gasteiger partial charge in [-0.15, -0.1) is 0 Å². The van der Waals surface area contributed by atoms with Crippen LogP contribution in [0.1, 0.15) is 20.3 Å². The number of carboxylic acid groups (broad SMARTS) is 1. The van der Waals surface area contributed by atoms with Gasteiger partial charge in [-0.1, -0.05) is 29.8 Å². The molecule has 0 aromatic carbocycles. The van der Waals surface area contributed by atoms with Crippen molar-refractivity contribution in [2.24, 2.45) is 17.6 Å². The standard InChI is InChI=1S/C8H16BrNO2/c1-5(2)3-6(4-10)7(9)8(11)12/h5-7H,3-4,10H2,1-2H3,(H,11,12)/t6-,7?/m1/s1. The van der Waals surface area contributed by atoms with Gasteiger partial charge in [-0.05, 0) is 24.8 Å². The van der Waals surface area contributed by atoms with Crippen LogP contribution < -0.4 is 5.73 Å². The highest BCUT2D eigenvalue weighted by Crippen LogP contribution is 2.20. The lowest BCUT2D eigenvalue weighted by molar-refractivity contribution is -0.137. The van der Waals surface area contributed by atoms with E-state index in [0.717, 1.165) is 6.42 Å². The van der Waals surface area contributed by atoms with Gasteiger partial charge in [0.2, 0.25) is 0 Å². The van der Waals surface area contributed by atoms with Crippen LogP contribution in [-0.2, 0) is 4.79 Å². The molecule has 0 aliphatic carbocycles. The maximum absolute atomic E-state index is 10.6. The Morgan fingerprint density at radius 3 is 2.33 bits per heavy atom. The van der Waals surface area contributed by atoms with Crippen molar-refractivity contribution in [2.45, 2.75) is 25.1 Å². The number of carboxylic acids is 1. The van der Waals surface area contributed by atoms with Crippen molar-refractivity contribution in [1.82, 2.24) is 0 Å². The first-order valence-electron chi connectivity index (χ1n) is 4.06. The number of nitrogens with two attached hydrogens (primary N) is 1. The molecule has 0 amide bonds. The summed E-state index contributed by atoms with van der Waals surface area (Å²) in [5.41, 5.74) is 5.47. The SMILES string of the molecule is CC(C)C[C@H](CN)C(Br)C(=O)O. The Bertz CT molecular complexity index is 150. The zero-order chi connectivity index (χ0) is 9.72. The summed E-state index contributed by atoms with van der Waals surface area (Å²) in [5.74, 6) is -0.313. The fraction of sp³-hybridized carbons (Fsp3) is 0.875. The minimum Gasteiger partial charge on any atom is -0.480 e. The first-order chi connectivity index (χ1) is 5.49. The molecule has 0 fully saturated rings. The van der Waals surface area contributed by atoms with Crippen molar-refractivity contribution in [3.63, 3.8) is 0 Å². The molecule has 3 nitrogen and oxygen atoms in total. The van der Waals surface area contributed by atoms with Crippen LogP contribution in [0, 0.1) is 11.8 Å². The maximum Gasteiger partial charge on any atom is 0.317 e. The largest absolute Gasteiger partial charge is 0.480 e. The van der Waals surface area contributed by atoms with Gasteiger partial charge in [0.25, 0.3) is 0 Å². The van der Waals surface area contributed by atoms with Crippen LogP contribution in [0.2, 0.25) is 0 Å². The Kier molecular flexibility index (Phi) is 5.50. The number of rotatable bonds is 5. The lowest BCUT2D eigenvalue weighted by Gasteiger charge is -2.19. The van der Waals surface area contributed by atoms with E-state index in [1.807, 2.05) is 0 Å². The molecule has 0 rings (SSSR count). The number of hydrogen-bond donors (Lipinski definition) is 2. The number of hydrogen-bond acceptors (Lipinski definition) is 2. The minimum absolute atomic E-state index is 0.0301. The van der Waals surface area contributed by atoms with E-state index < -0.39 is 10.8 Å². The van der Waals surface area contributed by atoms with Crippen LogP contribution in [0.5, 0.6) is 0 Å². The Balaban J connectivity index is 4.05. The van der Waals surface area contributed by atoms with E-state index in [-0.39, 0.29) is 5.92 Å². The highest BCUT2D eigenvalue weighted by molar-refractivity contribution is 9.10. The van der Waals surface area contributed by atoms with E-state index in [4.69, 9.17) is 10.8 Å². The molecule has 0 heterocycles. The molecule has 0 saturated carbocycles. The molecule has 1 unspecified atom stereocenters. The van der Waals surface area contributed by atoms with Gasteiger partial charge in [0.1, 0.15) is 4.83 Å². The molecule has 12 heavy (non-hydrogen) atoms. The Morgan fingerprint density at radius 2 is 2.08 bits per heavy atom. The summed E-state index contributed by atoms with van der Waals surface area (Å²) < 4.78 is 0. The number of carbonyl (C=O) groups is 1. The number of aliphatic carboxylic acids is 1. The number of alkyl halides is 1. The number of halogens is 1. The smallest absolute Gasteiger partial charge is 0.317 e. The molecule has 0 saturated heterocycles. The maximum atomic E-state index is 10.6. The van der Waals surface area contributed by atoms with Gasteiger partial charge in [0.05, 0.1) is 0 Å². The highest BCUT2D eigenvalue weighted by Gasteiger charge is 2.24. The molecule has 0 aromatic rings. The monoisotopic (exact) mass is 237 g/mol. The zero-order valence-corrected chi connectivity index (χ0v) is 9.04. The molecule has 0 radical (unpaired) electrons. The molecule has 3 N–H and O–H groups in total. The molecule has 0 aromatic heterocycles. The van der Waals surface area contributed by atoms with Crippen LogP contribution in [-0.4, -0.2) is 22.4 Å². The predicted molar refractivity (Wildman–Crippen MR) is 52.4 cm³/mol. The second-order valence-electron chi connectivity index (χ2n) is 3.37. The summed E-state index contributed by atoms with van der Waals surface area (Å²) in [4.78, 5) is 10.1. The third kappa shape index (κ3) is 4.07. The third-order valence-corrected chi connectivity index (χ3v) is 2.87. The van der Waals surface area contributed by atoms with Gasteiger partial charge < -0.3 is 10.8 Å². The van der Waals surface area contributed by atoms with Gasteiger partial charge in [-0.25, -0.2) is 0 Å². The average molecular weight is 238 g/mol. The van der Waals surface area contributed by atoms with Crippen molar-refractivity contribution in [3.8, 4) is 0 Å². The molecule has 4 heteroatoms. The van der Waals surface area contributed by atoms with Crippen LogP contribution in [0.3, 0.4) is 0 Å². The average Bonchev–Trinajstić information content (AvgIpc) is 1.98. The molecular formula is C8H16BrNO2. The summed E-state index contributed by atoms with van der Waals surface area (Å²) in [7, 11) is 0. The predicted octanol–water partition coefficient (Wildman–Crippen LogP) is 1.46. The Morgan fingerprint density at radius 1 is 1.58 bits per heavy atom. The van der Waals surface area contributed by atoms with Gasteiger partial charge >= 0.3 is 5.97 Å². The lowest BCUT2D eigenvalue weighted by atomic mass is 9.94. The fourth-order valence-corrected chi connectivity index (χ4v) is 1.57. The van der Waals surface area contributed by atoms with Crippen LogP contribution in [0.4, 0.5) is 0 Å². The summed E-state index contributed by atoms with van der Waals surface area (Å²) in [6.45, 7) is 4.54. The molecule has 0 aliphatic heterocycles. The van der Waals surface area contributed by atoms with Crippen LogP contribution >= 0.6 is 15.9 Å². The highest BCUT2D eigenvalue weighted by atomic mass is 79.9. The molecular weight excluding hydrogens is 222 g/mol. The minimum atomic E-state index is -0.828. The summed E-state index contributed by atoms with van der Waals surface area (Å²) in [6, 6.07) is 0.